The third-order valence-corrected chi connectivity index (χ3v) is 3.94. The number of pyridine rings is 1. The Bertz CT molecular complexity index is 633. The van der Waals surface area contributed by atoms with Gasteiger partial charge in [-0.1, -0.05) is 11.6 Å². The molecular weight excluding hydrogens is 370 g/mol. The molecule has 0 fully saturated rings. The van der Waals surface area contributed by atoms with Crippen LogP contribution in [0.2, 0.25) is 5.02 Å². The highest BCUT2D eigenvalue weighted by Crippen LogP contribution is 2.29. The van der Waals surface area contributed by atoms with Gasteiger partial charge in [0.25, 0.3) is 0 Å². The van der Waals surface area contributed by atoms with Gasteiger partial charge in [0.2, 0.25) is 5.78 Å². The van der Waals surface area contributed by atoms with Crippen LogP contribution in [-0.4, -0.2) is 10.8 Å². The average molecular weight is 377 g/mol. The first-order valence-corrected chi connectivity index (χ1v) is 6.36. The van der Waals surface area contributed by atoms with Crippen molar-refractivity contribution in [1.29, 1.82) is 0 Å². The van der Waals surface area contributed by atoms with E-state index in [1.807, 2.05) is 22.6 Å². The number of hydrogen-bond donors (Lipinski definition) is 1. The van der Waals surface area contributed by atoms with Gasteiger partial charge in [-0.05, 0) is 46.9 Å². The van der Waals surface area contributed by atoms with Crippen molar-refractivity contribution in [1.82, 2.24) is 4.98 Å². The number of nitrogens with two attached hydrogens (primary N) is 1. The number of aromatic nitrogens is 1. The fourth-order valence-corrected chi connectivity index (χ4v) is 2.17. The molecule has 92 valence electrons. The minimum Gasteiger partial charge on any atom is -0.398 e. The molecule has 0 spiro atoms. The third kappa shape index (κ3) is 2.32. The molecule has 18 heavy (non-hydrogen) atoms. The number of benzene rings is 1. The van der Waals surface area contributed by atoms with Crippen molar-refractivity contribution in [2.75, 3.05) is 5.73 Å². The first-order chi connectivity index (χ1) is 8.52. The molecule has 0 radical (unpaired) electrons. The van der Waals surface area contributed by atoms with Gasteiger partial charge in [-0.2, -0.15) is 0 Å². The molecule has 2 aromatic rings. The van der Waals surface area contributed by atoms with Gasteiger partial charge in [0.1, 0.15) is 5.69 Å². The minimum absolute atomic E-state index is 0.0844. The molecule has 0 saturated carbocycles. The molecular formula is C12H7ClFIN2O. The lowest BCUT2D eigenvalue weighted by Gasteiger charge is -2.08. The zero-order chi connectivity index (χ0) is 13.3. The minimum atomic E-state index is -0.697. The van der Waals surface area contributed by atoms with Crippen LogP contribution in [0.25, 0.3) is 0 Å². The van der Waals surface area contributed by atoms with Crippen LogP contribution in [-0.2, 0) is 0 Å². The molecule has 0 aliphatic carbocycles. The standard InChI is InChI=1S/C12H7ClFIN2O/c13-10-7(15)3-4-8(16)9(10)12(18)11-6(14)2-1-5-17-11/h1-5H,16H2. The molecule has 0 aliphatic rings. The van der Waals surface area contributed by atoms with Gasteiger partial charge in [-0.15, -0.1) is 0 Å². The lowest BCUT2D eigenvalue weighted by atomic mass is 10.1. The molecule has 2 rings (SSSR count). The molecule has 0 atom stereocenters. The van der Waals surface area contributed by atoms with Gasteiger partial charge >= 0.3 is 0 Å². The Hall–Kier alpha value is -1.21. The van der Waals surface area contributed by atoms with E-state index in [4.69, 9.17) is 17.3 Å². The lowest BCUT2D eigenvalue weighted by molar-refractivity contribution is 0.103. The zero-order valence-electron chi connectivity index (χ0n) is 8.95. The summed E-state index contributed by atoms with van der Waals surface area (Å²) in [7, 11) is 0. The summed E-state index contributed by atoms with van der Waals surface area (Å²) in [6.45, 7) is 0. The molecule has 1 aromatic carbocycles. The smallest absolute Gasteiger partial charge is 0.217 e. The van der Waals surface area contributed by atoms with Crippen molar-refractivity contribution in [3.63, 3.8) is 0 Å². The summed E-state index contributed by atoms with van der Waals surface area (Å²) in [5, 5.41) is 0.214. The first kappa shape index (κ1) is 13.2. The highest BCUT2D eigenvalue weighted by Gasteiger charge is 2.21. The highest BCUT2D eigenvalue weighted by atomic mass is 127. The average Bonchev–Trinajstić information content (AvgIpc) is 2.35. The lowest BCUT2D eigenvalue weighted by Crippen LogP contribution is -2.11. The summed E-state index contributed by atoms with van der Waals surface area (Å²) in [5.74, 6) is -1.31. The van der Waals surface area contributed by atoms with Crippen molar-refractivity contribution < 1.29 is 9.18 Å². The summed E-state index contributed by atoms with van der Waals surface area (Å²) in [6, 6.07) is 5.82. The van der Waals surface area contributed by atoms with E-state index in [-0.39, 0.29) is 22.0 Å². The van der Waals surface area contributed by atoms with E-state index in [2.05, 4.69) is 4.98 Å². The van der Waals surface area contributed by atoms with Gasteiger partial charge in [0.15, 0.2) is 5.82 Å². The normalized spacial score (nSPS) is 10.4. The Labute approximate surface area is 121 Å². The van der Waals surface area contributed by atoms with Crippen LogP contribution in [0.15, 0.2) is 30.5 Å². The SMILES string of the molecule is Nc1ccc(I)c(Cl)c1C(=O)c1ncccc1F. The molecule has 0 amide bonds. The first-order valence-electron chi connectivity index (χ1n) is 4.91. The van der Waals surface area contributed by atoms with Gasteiger partial charge < -0.3 is 5.73 Å². The Balaban J connectivity index is 2.61. The number of nitrogens with zero attached hydrogens (tertiary/aromatic N) is 1. The molecule has 0 bridgehead atoms. The van der Waals surface area contributed by atoms with Crippen LogP contribution >= 0.6 is 34.2 Å². The number of nitrogen functional groups attached to an aromatic ring is 1. The quantitative estimate of drug-likeness (QED) is 0.497. The van der Waals surface area contributed by atoms with Gasteiger partial charge in [0, 0.05) is 15.5 Å². The maximum absolute atomic E-state index is 13.5. The van der Waals surface area contributed by atoms with Gasteiger partial charge in [-0.25, -0.2) is 9.37 Å². The topological polar surface area (TPSA) is 56.0 Å². The summed E-state index contributed by atoms with van der Waals surface area (Å²) in [5.41, 5.74) is 5.72. The Morgan fingerprint density at radius 3 is 2.78 bits per heavy atom. The number of hydrogen-bond acceptors (Lipinski definition) is 3. The summed E-state index contributed by atoms with van der Waals surface area (Å²) in [6.07, 6.45) is 1.34. The molecule has 6 heteroatoms. The number of carbonyl (C=O) groups excluding carboxylic acids is 1. The molecule has 1 heterocycles. The van der Waals surface area contributed by atoms with Gasteiger partial charge in [0.05, 0.1) is 10.6 Å². The van der Waals surface area contributed by atoms with Crippen LogP contribution < -0.4 is 5.73 Å². The largest absolute Gasteiger partial charge is 0.398 e. The van der Waals surface area contributed by atoms with Crippen molar-refractivity contribution in [2.24, 2.45) is 0 Å². The Kier molecular flexibility index (Phi) is 3.82. The summed E-state index contributed by atoms with van der Waals surface area (Å²) >= 11 is 8.01. The van der Waals surface area contributed by atoms with E-state index >= 15 is 0 Å². The molecule has 1 aromatic heterocycles. The number of rotatable bonds is 2. The number of ketones is 1. The van der Waals surface area contributed by atoms with Crippen LogP contribution in [0.4, 0.5) is 10.1 Å². The Morgan fingerprint density at radius 2 is 2.11 bits per heavy atom. The molecule has 0 unspecified atom stereocenters. The molecule has 0 saturated heterocycles. The maximum Gasteiger partial charge on any atom is 0.217 e. The fraction of sp³-hybridized carbons (Fsp3) is 0. The summed E-state index contributed by atoms with van der Waals surface area (Å²) < 4.78 is 14.2. The summed E-state index contributed by atoms with van der Waals surface area (Å²) in [4.78, 5) is 15.9. The maximum atomic E-state index is 13.5. The molecule has 2 N–H and O–H groups in total. The number of anilines is 1. The predicted molar refractivity (Wildman–Crippen MR) is 76.2 cm³/mol. The van der Waals surface area contributed by atoms with E-state index < -0.39 is 11.6 Å². The fourth-order valence-electron chi connectivity index (χ4n) is 1.47. The van der Waals surface area contributed by atoms with E-state index in [0.29, 0.717) is 3.57 Å². The Morgan fingerprint density at radius 1 is 1.39 bits per heavy atom. The van der Waals surface area contributed by atoms with E-state index in [0.717, 1.165) is 6.07 Å². The predicted octanol–water partition coefficient (Wildman–Crippen LogP) is 3.29. The zero-order valence-corrected chi connectivity index (χ0v) is 11.9. The van der Waals surface area contributed by atoms with Crippen molar-refractivity contribution in [3.8, 4) is 0 Å². The van der Waals surface area contributed by atoms with Crippen molar-refractivity contribution >= 4 is 45.7 Å². The monoisotopic (exact) mass is 376 g/mol. The second-order valence-corrected chi connectivity index (χ2v) is 5.03. The van der Waals surface area contributed by atoms with Crippen molar-refractivity contribution in [3.05, 3.63) is 56.1 Å². The number of carbonyl (C=O) groups is 1. The van der Waals surface area contributed by atoms with Crippen molar-refractivity contribution in [2.45, 2.75) is 0 Å². The molecule has 0 aliphatic heterocycles. The number of halogens is 3. The van der Waals surface area contributed by atoms with Crippen LogP contribution in [0.1, 0.15) is 16.1 Å². The highest BCUT2D eigenvalue weighted by molar-refractivity contribution is 14.1. The van der Waals surface area contributed by atoms with Crippen LogP contribution in [0.5, 0.6) is 0 Å². The van der Waals surface area contributed by atoms with E-state index in [1.54, 1.807) is 12.1 Å². The van der Waals surface area contributed by atoms with Gasteiger partial charge in [-0.3, -0.25) is 4.79 Å². The third-order valence-electron chi connectivity index (χ3n) is 2.33. The van der Waals surface area contributed by atoms with E-state index in [1.165, 1.54) is 12.3 Å². The second kappa shape index (κ2) is 5.19. The van der Waals surface area contributed by atoms with Crippen LogP contribution in [0.3, 0.4) is 0 Å². The molecule has 3 nitrogen and oxygen atoms in total. The second-order valence-electron chi connectivity index (χ2n) is 3.49. The van der Waals surface area contributed by atoms with E-state index in [9.17, 15) is 9.18 Å². The van der Waals surface area contributed by atoms with Crippen LogP contribution in [0, 0.1) is 9.39 Å².